The molecule has 1 unspecified atom stereocenters. The second-order valence-electron chi connectivity index (χ2n) is 7.42. The van der Waals surface area contributed by atoms with Gasteiger partial charge in [-0.1, -0.05) is 43.6 Å². The Morgan fingerprint density at radius 3 is 2.72 bits per heavy atom. The first kappa shape index (κ1) is 20.0. The van der Waals surface area contributed by atoms with Crippen LogP contribution in [-0.4, -0.2) is 51.0 Å². The molecule has 0 saturated carbocycles. The molecule has 1 aliphatic rings. The third-order valence-corrected chi connectivity index (χ3v) is 5.31. The number of nitrogens with one attached hydrogen (secondary N) is 2. The van der Waals surface area contributed by atoms with Crippen molar-refractivity contribution in [2.75, 3.05) is 40.0 Å². The van der Waals surface area contributed by atoms with Gasteiger partial charge in [0.05, 0.1) is 6.61 Å². The zero-order valence-corrected chi connectivity index (χ0v) is 16.2. The summed E-state index contributed by atoms with van der Waals surface area (Å²) >= 11 is 6.35. The van der Waals surface area contributed by atoms with Crippen LogP contribution in [0.4, 0.5) is 0 Å². The van der Waals surface area contributed by atoms with Gasteiger partial charge in [-0.25, -0.2) is 0 Å². The first-order valence-electron chi connectivity index (χ1n) is 8.81. The Hall–Kier alpha value is -1.30. The SMILES string of the molecule is CN=C(NCC1(CCO)CCOC1)NCC(C)(C)c1ccccc1Cl. The van der Waals surface area contributed by atoms with Crippen LogP contribution >= 0.6 is 11.6 Å². The minimum atomic E-state index is -0.130. The van der Waals surface area contributed by atoms with E-state index in [-0.39, 0.29) is 17.4 Å². The highest BCUT2D eigenvalue weighted by atomic mass is 35.5. The normalized spacial score (nSPS) is 21.4. The number of benzene rings is 1. The Morgan fingerprint density at radius 1 is 1.36 bits per heavy atom. The number of aliphatic imine (C=N–C) groups is 1. The van der Waals surface area contributed by atoms with Gasteiger partial charge < -0.3 is 20.5 Å². The minimum absolute atomic E-state index is 0.00930. The van der Waals surface area contributed by atoms with Gasteiger partial charge in [0.25, 0.3) is 0 Å². The molecule has 2 rings (SSSR count). The van der Waals surface area contributed by atoms with Crippen LogP contribution in [0, 0.1) is 5.41 Å². The molecule has 0 radical (unpaired) electrons. The molecule has 5 nitrogen and oxygen atoms in total. The lowest BCUT2D eigenvalue weighted by Crippen LogP contribution is -2.47. The van der Waals surface area contributed by atoms with Gasteiger partial charge in [0.15, 0.2) is 5.96 Å². The summed E-state index contributed by atoms with van der Waals surface area (Å²) in [5, 5.41) is 16.9. The molecule has 140 valence electrons. The molecule has 0 amide bonds. The number of hydrogen-bond acceptors (Lipinski definition) is 3. The van der Waals surface area contributed by atoms with Crippen molar-refractivity contribution in [3.05, 3.63) is 34.9 Å². The second kappa shape index (κ2) is 8.88. The number of rotatable bonds is 7. The van der Waals surface area contributed by atoms with E-state index < -0.39 is 0 Å². The van der Waals surface area contributed by atoms with Gasteiger partial charge in [0.2, 0.25) is 0 Å². The number of aliphatic hydroxyl groups is 1. The predicted molar refractivity (Wildman–Crippen MR) is 103 cm³/mol. The van der Waals surface area contributed by atoms with Crippen LogP contribution in [0.15, 0.2) is 29.3 Å². The Bertz CT molecular complexity index is 584. The second-order valence-corrected chi connectivity index (χ2v) is 7.83. The van der Waals surface area contributed by atoms with E-state index in [4.69, 9.17) is 16.3 Å². The standard InChI is InChI=1S/C19H30ClN3O2/c1-18(2,15-6-4-5-7-16(15)20)12-22-17(21-3)23-13-19(8-10-24)9-11-25-14-19/h4-7,24H,8-14H2,1-3H3,(H2,21,22,23). The van der Waals surface area contributed by atoms with Crippen LogP contribution in [0.3, 0.4) is 0 Å². The fraction of sp³-hybridized carbons (Fsp3) is 0.632. The Kier molecular flexibility index (Phi) is 7.11. The van der Waals surface area contributed by atoms with Gasteiger partial charge in [-0.3, -0.25) is 4.99 Å². The van der Waals surface area contributed by atoms with E-state index >= 15 is 0 Å². The van der Waals surface area contributed by atoms with Crippen molar-refractivity contribution in [3.63, 3.8) is 0 Å². The summed E-state index contributed by atoms with van der Waals surface area (Å²) in [6.45, 7) is 7.38. The highest BCUT2D eigenvalue weighted by Gasteiger charge is 2.34. The highest BCUT2D eigenvalue weighted by Crippen LogP contribution is 2.31. The molecular formula is C19H30ClN3O2. The van der Waals surface area contributed by atoms with Crippen LogP contribution < -0.4 is 10.6 Å². The van der Waals surface area contributed by atoms with Crippen molar-refractivity contribution in [2.45, 2.75) is 32.1 Å². The molecule has 1 heterocycles. The number of ether oxygens (including phenoxy) is 1. The maximum Gasteiger partial charge on any atom is 0.191 e. The maximum atomic E-state index is 9.33. The fourth-order valence-corrected chi connectivity index (χ4v) is 3.61. The molecule has 1 saturated heterocycles. The van der Waals surface area contributed by atoms with E-state index in [0.717, 1.165) is 42.5 Å². The summed E-state index contributed by atoms with van der Waals surface area (Å²) in [5.74, 6) is 0.754. The van der Waals surface area contributed by atoms with E-state index in [1.165, 1.54) is 0 Å². The topological polar surface area (TPSA) is 65.9 Å². The quantitative estimate of drug-likeness (QED) is 0.512. The van der Waals surface area contributed by atoms with Crippen LogP contribution in [0.5, 0.6) is 0 Å². The van der Waals surface area contributed by atoms with Crippen LogP contribution in [0.25, 0.3) is 0 Å². The number of hydrogen-bond donors (Lipinski definition) is 3. The lowest BCUT2D eigenvalue weighted by Gasteiger charge is -2.30. The van der Waals surface area contributed by atoms with Crippen LogP contribution in [0.2, 0.25) is 5.02 Å². The Labute approximate surface area is 155 Å². The maximum absolute atomic E-state index is 9.33. The van der Waals surface area contributed by atoms with E-state index in [0.29, 0.717) is 13.2 Å². The van der Waals surface area contributed by atoms with E-state index in [2.05, 4.69) is 35.5 Å². The minimum Gasteiger partial charge on any atom is -0.396 e. The van der Waals surface area contributed by atoms with Crippen molar-refractivity contribution in [2.24, 2.45) is 10.4 Å². The average molecular weight is 368 g/mol. The number of nitrogens with zero attached hydrogens (tertiary/aromatic N) is 1. The van der Waals surface area contributed by atoms with Gasteiger partial charge >= 0.3 is 0 Å². The molecule has 1 aromatic carbocycles. The monoisotopic (exact) mass is 367 g/mol. The molecule has 1 aliphatic heterocycles. The van der Waals surface area contributed by atoms with Gasteiger partial charge in [-0.05, 0) is 24.5 Å². The molecule has 1 atom stereocenters. The summed E-state index contributed by atoms with van der Waals surface area (Å²) in [6, 6.07) is 7.94. The highest BCUT2D eigenvalue weighted by molar-refractivity contribution is 6.31. The summed E-state index contributed by atoms with van der Waals surface area (Å²) in [4.78, 5) is 4.32. The van der Waals surface area contributed by atoms with Gasteiger partial charge in [-0.15, -0.1) is 0 Å². The van der Waals surface area contributed by atoms with E-state index in [9.17, 15) is 5.11 Å². The summed E-state index contributed by atoms with van der Waals surface area (Å²) in [6.07, 6.45) is 1.70. The van der Waals surface area contributed by atoms with Gasteiger partial charge in [-0.2, -0.15) is 0 Å². The molecule has 3 N–H and O–H groups in total. The molecule has 0 spiro atoms. The number of halogens is 1. The molecular weight excluding hydrogens is 338 g/mol. The number of guanidine groups is 1. The fourth-order valence-electron chi connectivity index (χ4n) is 3.21. The average Bonchev–Trinajstić information content (AvgIpc) is 3.04. The first-order valence-corrected chi connectivity index (χ1v) is 9.18. The lowest BCUT2D eigenvalue weighted by molar-refractivity contribution is 0.127. The van der Waals surface area contributed by atoms with Crippen molar-refractivity contribution in [1.82, 2.24) is 10.6 Å². The predicted octanol–water partition coefficient (Wildman–Crippen LogP) is 2.57. The van der Waals surface area contributed by atoms with E-state index in [1.807, 2.05) is 18.2 Å². The van der Waals surface area contributed by atoms with Crippen molar-refractivity contribution in [1.29, 1.82) is 0 Å². The molecule has 0 aliphatic carbocycles. The molecule has 1 fully saturated rings. The Balaban J connectivity index is 1.93. The van der Waals surface area contributed by atoms with Crippen LogP contribution in [-0.2, 0) is 10.2 Å². The zero-order valence-electron chi connectivity index (χ0n) is 15.4. The molecule has 0 bridgehead atoms. The number of aliphatic hydroxyl groups excluding tert-OH is 1. The molecule has 1 aromatic rings. The van der Waals surface area contributed by atoms with Crippen molar-refractivity contribution < 1.29 is 9.84 Å². The summed E-state index contributed by atoms with van der Waals surface area (Å²) in [7, 11) is 1.77. The van der Waals surface area contributed by atoms with E-state index in [1.54, 1.807) is 7.05 Å². The third-order valence-electron chi connectivity index (χ3n) is 4.98. The van der Waals surface area contributed by atoms with Crippen molar-refractivity contribution >= 4 is 17.6 Å². The van der Waals surface area contributed by atoms with Gasteiger partial charge in [0, 0.05) is 49.2 Å². The first-order chi connectivity index (χ1) is 11.9. The summed E-state index contributed by atoms with van der Waals surface area (Å²) in [5.41, 5.74) is 0.973. The molecule has 6 heteroatoms. The Morgan fingerprint density at radius 2 is 2.12 bits per heavy atom. The largest absolute Gasteiger partial charge is 0.396 e. The lowest BCUT2D eigenvalue weighted by atomic mass is 9.84. The summed E-state index contributed by atoms with van der Waals surface area (Å²) < 4.78 is 5.54. The molecule has 0 aromatic heterocycles. The third kappa shape index (κ3) is 5.33. The van der Waals surface area contributed by atoms with Crippen molar-refractivity contribution in [3.8, 4) is 0 Å². The molecule has 25 heavy (non-hydrogen) atoms. The van der Waals surface area contributed by atoms with Crippen LogP contribution in [0.1, 0.15) is 32.3 Å². The smallest absolute Gasteiger partial charge is 0.191 e. The van der Waals surface area contributed by atoms with Gasteiger partial charge in [0.1, 0.15) is 0 Å². The zero-order chi connectivity index (χ0) is 18.3.